The van der Waals surface area contributed by atoms with Crippen LogP contribution in [0.5, 0.6) is 0 Å². The maximum Gasteiger partial charge on any atom is 0.270 e. The zero-order valence-electron chi connectivity index (χ0n) is 13.9. The van der Waals surface area contributed by atoms with E-state index in [1.807, 2.05) is 43.3 Å². The van der Waals surface area contributed by atoms with Crippen LogP contribution >= 0.6 is 23.4 Å². The van der Waals surface area contributed by atoms with E-state index in [1.54, 1.807) is 23.7 Å². The molecule has 0 spiro atoms. The van der Waals surface area contributed by atoms with E-state index in [4.69, 9.17) is 11.6 Å². The van der Waals surface area contributed by atoms with E-state index in [0.717, 1.165) is 11.3 Å². The summed E-state index contributed by atoms with van der Waals surface area (Å²) in [7, 11) is 0. The molecule has 0 fully saturated rings. The number of aryl methyl sites for hydroxylation is 2. The summed E-state index contributed by atoms with van der Waals surface area (Å²) in [4.78, 5) is 12.5. The highest BCUT2D eigenvalue weighted by Crippen LogP contribution is 2.21. The third-order valence-electron chi connectivity index (χ3n) is 3.65. The summed E-state index contributed by atoms with van der Waals surface area (Å²) in [6, 6.07) is 15.3. The fourth-order valence-electron chi connectivity index (χ4n) is 2.19. The van der Waals surface area contributed by atoms with Gasteiger partial charge in [0.25, 0.3) is 5.91 Å². The molecule has 0 aliphatic rings. The molecular weight excluding hydrogens is 356 g/mol. The highest BCUT2D eigenvalue weighted by Gasteiger charge is 2.14. The van der Waals surface area contributed by atoms with Gasteiger partial charge in [-0.15, -0.1) is 10.2 Å². The summed E-state index contributed by atoms with van der Waals surface area (Å²) in [6.45, 7) is 3.69. The van der Waals surface area contributed by atoms with Crippen molar-refractivity contribution < 1.29 is 4.79 Å². The summed E-state index contributed by atoms with van der Waals surface area (Å²) >= 11 is 7.62. The van der Waals surface area contributed by atoms with E-state index in [1.165, 1.54) is 17.3 Å². The van der Waals surface area contributed by atoms with Crippen molar-refractivity contribution in [3.8, 4) is 0 Å². The SMILES string of the molecule is Cc1ccc(C(=O)Nn2c(C)nnc2SCc2ccccc2)cc1Cl. The predicted molar refractivity (Wildman–Crippen MR) is 101 cm³/mol. The molecule has 1 N–H and O–H groups in total. The van der Waals surface area contributed by atoms with Crippen LogP contribution in [0.1, 0.15) is 27.3 Å². The van der Waals surface area contributed by atoms with Crippen LogP contribution in [0.25, 0.3) is 0 Å². The molecule has 3 rings (SSSR count). The molecule has 128 valence electrons. The largest absolute Gasteiger partial charge is 0.270 e. The topological polar surface area (TPSA) is 59.8 Å². The molecule has 5 nitrogen and oxygen atoms in total. The number of nitrogens with zero attached hydrogens (tertiary/aromatic N) is 3. The monoisotopic (exact) mass is 372 g/mol. The molecule has 0 atom stereocenters. The van der Waals surface area contributed by atoms with Gasteiger partial charge in [0.05, 0.1) is 0 Å². The van der Waals surface area contributed by atoms with Gasteiger partial charge < -0.3 is 0 Å². The fourth-order valence-corrected chi connectivity index (χ4v) is 3.26. The molecule has 0 unspecified atom stereocenters. The van der Waals surface area contributed by atoms with Crippen LogP contribution in [0.15, 0.2) is 53.7 Å². The summed E-state index contributed by atoms with van der Waals surface area (Å²) in [5, 5.41) is 9.40. The molecule has 7 heteroatoms. The average molecular weight is 373 g/mol. The lowest BCUT2D eigenvalue weighted by Crippen LogP contribution is -2.24. The Balaban J connectivity index is 1.74. The molecule has 0 saturated heterocycles. The minimum Gasteiger partial charge on any atom is -0.267 e. The van der Waals surface area contributed by atoms with Gasteiger partial charge in [-0.05, 0) is 37.1 Å². The van der Waals surface area contributed by atoms with Gasteiger partial charge in [-0.1, -0.05) is 59.8 Å². The standard InChI is InChI=1S/C18H17ClN4OS/c1-12-8-9-15(10-16(12)19)17(24)22-23-13(2)20-21-18(23)25-11-14-6-4-3-5-7-14/h3-10H,11H2,1-2H3,(H,22,24). The first-order valence-corrected chi connectivity index (χ1v) is 9.07. The lowest BCUT2D eigenvalue weighted by atomic mass is 10.1. The van der Waals surface area contributed by atoms with Crippen molar-refractivity contribution in [3.63, 3.8) is 0 Å². The van der Waals surface area contributed by atoms with Gasteiger partial charge in [-0.25, -0.2) is 4.68 Å². The van der Waals surface area contributed by atoms with Crippen molar-refractivity contribution in [2.75, 3.05) is 5.43 Å². The van der Waals surface area contributed by atoms with Gasteiger partial charge >= 0.3 is 0 Å². The van der Waals surface area contributed by atoms with E-state index in [2.05, 4.69) is 15.6 Å². The minimum absolute atomic E-state index is 0.258. The molecule has 0 radical (unpaired) electrons. The third kappa shape index (κ3) is 4.21. The Morgan fingerprint density at radius 1 is 1.16 bits per heavy atom. The maximum absolute atomic E-state index is 12.5. The molecule has 0 saturated carbocycles. The second-order valence-corrected chi connectivity index (χ2v) is 6.89. The van der Waals surface area contributed by atoms with Gasteiger partial charge in [0.2, 0.25) is 5.16 Å². The Morgan fingerprint density at radius 3 is 2.64 bits per heavy atom. The van der Waals surface area contributed by atoms with Crippen LogP contribution in [-0.2, 0) is 5.75 Å². The van der Waals surface area contributed by atoms with Gasteiger partial charge in [-0.2, -0.15) is 0 Å². The van der Waals surface area contributed by atoms with Crippen LogP contribution in [-0.4, -0.2) is 20.8 Å². The molecule has 1 heterocycles. The van der Waals surface area contributed by atoms with Gasteiger partial charge in [0, 0.05) is 16.3 Å². The number of rotatable bonds is 5. The number of thioether (sulfide) groups is 1. The molecule has 25 heavy (non-hydrogen) atoms. The highest BCUT2D eigenvalue weighted by atomic mass is 35.5. The first-order chi connectivity index (χ1) is 12.0. The lowest BCUT2D eigenvalue weighted by Gasteiger charge is -2.11. The zero-order chi connectivity index (χ0) is 17.8. The number of benzene rings is 2. The molecular formula is C18H17ClN4OS. The fraction of sp³-hybridized carbons (Fsp3) is 0.167. The Labute approximate surface area is 155 Å². The number of carbonyl (C=O) groups excluding carboxylic acids is 1. The average Bonchev–Trinajstić information content (AvgIpc) is 2.96. The van der Waals surface area contributed by atoms with Crippen LogP contribution in [0.3, 0.4) is 0 Å². The van der Waals surface area contributed by atoms with E-state index in [0.29, 0.717) is 21.6 Å². The van der Waals surface area contributed by atoms with Crippen molar-refractivity contribution in [1.82, 2.24) is 14.9 Å². The van der Waals surface area contributed by atoms with E-state index in [-0.39, 0.29) is 5.91 Å². The molecule has 0 aliphatic heterocycles. The molecule has 2 aromatic carbocycles. The minimum atomic E-state index is -0.258. The van der Waals surface area contributed by atoms with Crippen molar-refractivity contribution in [2.24, 2.45) is 0 Å². The first kappa shape index (κ1) is 17.5. The van der Waals surface area contributed by atoms with E-state index in [9.17, 15) is 4.79 Å². The van der Waals surface area contributed by atoms with Crippen LogP contribution < -0.4 is 5.43 Å². The molecule has 1 amide bonds. The second-order valence-electron chi connectivity index (χ2n) is 5.54. The summed E-state index contributed by atoms with van der Waals surface area (Å²) < 4.78 is 1.60. The Hall–Kier alpha value is -2.31. The van der Waals surface area contributed by atoms with Crippen molar-refractivity contribution >= 4 is 29.3 Å². The van der Waals surface area contributed by atoms with E-state index < -0.39 is 0 Å². The Kier molecular flexibility index (Phi) is 5.40. The number of halogens is 1. The van der Waals surface area contributed by atoms with Crippen molar-refractivity contribution in [2.45, 2.75) is 24.8 Å². The first-order valence-electron chi connectivity index (χ1n) is 7.71. The van der Waals surface area contributed by atoms with Crippen LogP contribution in [0.2, 0.25) is 5.02 Å². The molecule has 0 aliphatic carbocycles. The lowest BCUT2D eigenvalue weighted by molar-refractivity contribution is 0.101. The molecule has 1 aromatic heterocycles. The van der Waals surface area contributed by atoms with Gasteiger partial charge in [0.15, 0.2) is 0 Å². The number of amides is 1. The van der Waals surface area contributed by atoms with E-state index >= 15 is 0 Å². The number of nitrogens with one attached hydrogen (secondary N) is 1. The third-order valence-corrected chi connectivity index (χ3v) is 5.06. The normalized spacial score (nSPS) is 10.7. The molecule has 0 bridgehead atoms. The summed E-state index contributed by atoms with van der Waals surface area (Å²) in [5.41, 5.74) is 5.43. The number of carbonyl (C=O) groups is 1. The number of hydrogen-bond donors (Lipinski definition) is 1. The summed E-state index contributed by atoms with van der Waals surface area (Å²) in [5.74, 6) is 1.10. The number of aromatic nitrogens is 3. The Morgan fingerprint density at radius 2 is 1.92 bits per heavy atom. The Bertz CT molecular complexity index is 895. The maximum atomic E-state index is 12.5. The van der Waals surface area contributed by atoms with Crippen LogP contribution in [0, 0.1) is 13.8 Å². The van der Waals surface area contributed by atoms with Crippen molar-refractivity contribution in [3.05, 3.63) is 76.1 Å². The van der Waals surface area contributed by atoms with Crippen LogP contribution in [0.4, 0.5) is 0 Å². The van der Waals surface area contributed by atoms with Gasteiger partial charge in [-0.3, -0.25) is 10.2 Å². The second kappa shape index (κ2) is 7.72. The quantitative estimate of drug-likeness (QED) is 0.681. The zero-order valence-corrected chi connectivity index (χ0v) is 15.4. The number of hydrogen-bond acceptors (Lipinski definition) is 4. The van der Waals surface area contributed by atoms with Crippen molar-refractivity contribution in [1.29, 1.82) is 0 Å². The molecule has 3 aromatic rings. The highest BCUT2D eigenvalue weighted by molar-refractivity contribution is 7.98. The predicted octanol–water partition coefficient (Wildman–Crippen LogP) is 4.22. The smallest absolute Gasteiger partial charge is 0.267 e. The van der Waals surface area contributed by atoms with Gasteiger partial charge in [0.1, 0.15) is 5.82 Å². The summed E-state index contributed by atoms with van der Waals surface area (Å²) in [6.07, 6.45) is 0.